The van der Waals surface area contributed by atoms with Gasteiger partial charge in [0.1, 0.15) is 5.82 Å². The first kappa shape index (κ1) is 17.0. The van der Waals surface area contributed by atoms with Crippen LogP contribution in [0.5, 0.6) is 0 Å². The molecule has 0 bridgehead atoms. The number of anilines is 2. The predicted molar refractivity (Wildman–Crippen MR) is 97.1 cm³/mol. The largest absolute Gasteiger partial charge is 0.324 e. The molecule has 5 nitrogen and oxygen atoms in total. The average molecular weight is 364 g/mol. The van der Waals surface area contributed by atoms with Crippen molar-refractivity contribution in [3.8, 4) is 0 Å². The molecule has 0 amide bonds. The second-order valence-electron chi connectivity index (χ2n) is 5.66. The van der Waals surface area contributed by atoms with Gasteiger partial charge in [0.2, 0.25) is 6.54 Å². The molecule has 0 radical (unpaired) electrons. The first-order valence-corrected chi connectivity index (χ1v) is 9.16. The molecule has 2 aromatic rings. The molecule has 0 saturated heterocycles. The quantitative estimate of drug-likeness (QED) is 0.385. The van der Waals surface area contributed by atoms with Crippen LogP contribution < -0.4 is 4.90 Å². The van der Waals surface area contributed by atoms with E-state index < -0.39 is 0 Å². The fourth-order valence-corrected chi connectivity index (χ4v) is 4.12. The molecule has 3 rings (SSSR count). The van der Waals surface area contributed by atoms with E-state index in [9.17, 15) is 10.1 Å². The highest BCUT2D eigenvalue weighted by Crippen LogP contribution is 2.47. The van der Waals surface area contributed by atoms with Gasteiger partial charge >= 0.3 is 0 Å². The van der Waals surface area contributed by atoms with Gasteiger partial charge in [0.15, 0.2) is 0 Å². The van der Waals surface area contributed by atoms with Gasteiger partial charge in [-0.2, -0.15) is 0 Å². The third-order valence-corrected chi connectivity index (χ3v) is 5.23. The fraction of sp³-hybridized carbons (Fsp3) is 0.353. The van der Waals surface area contributed by atoms with Crippen LogP contribution in [-0.4, -0.2) is 23.0 Å². The topological polar surface area (TPSA) is 59.3 Å². The summed E-state index contributed by atoms with van der Waals surface area (Å²) in [5.74, 6) is 0.975. The number of hydrogen-bond donors (Lipinski definition) is 0. The lowest BCUT2D eigenvalue weighted by Gasteiger charge is -2.31. The SMILES string of the molecule is O=[N+]([O-])CCCCCCN1c2ccc(Cl)cc2Sc2cccnc21. The minimum atomic E-state index is -0.248. The van der Waals surface area contributed by atoms with Crippen LogP contribution in [0.25, 0.3) is 0 Å². The van der Waals surface area contributed by atoms with E-state index in [1.54, 1.807) is 11.8 Å². The first-order chi connectivity index (χ1) is 11.6. The van der Waals surface area contributed by atoms with Crippen molar-refractivity contribution in [2.75, 3.05) is 18.0 Å². The fourth-order valence-electron chi connectivity index (χ4n) is 2.78. The van der Waals surface area contributed by atoms with Crippen molar-refractivity contribution in [2.24, 2.45) is 0 Å². The summed E-state index contributed by atoms with van der Waals surface area (Å²) in [6.07, 6.45) is 5.28. The van der Waals surface area contributed by atoms with E-state index >= 15 is 0 Å². The second kappa shape index (κ2) is 7.85. The standard InChI is InChI=1S/C17H18ClN3O2S/c18-13-7-8-14-16(12-13)24-15-6-5-9-19-17(15)20(14)10-3-1-2-4-11-21(22)23/h5-9,12H,1-4,10-11H2. The maximum absolute atomic E-state index is 10.4. The third kappa shape index (κ3) is 3.99. The number of hydrogen-bond acceptors (Lipinski definition) is 5. The van der Waals surface area contributed by atoms with Crippen molar-refractivity contribution in [3.63, 3.8) is 0 Å². The van der Waals surface area contributed by atoms with Crippen LogP contribution in [-0.2, 0) is 0 Å². The molecule has 7 heteroatoms. The summed E-state index contributed by atoms with van der Waals surface area (Å²) in [7, 11) is 0. The monoisotopic (exact) mass is 363 g/mol. The number of pyridine rings is 1. The number of nitrogens with zero attached hydrogens (tertiary/aromatic N) is 3. The smallest absolute Gasteiger partial charge is 0.203 e. The van der Waals surface area contributed by atoms with E-state index in [-0.39, 0.29) is 11.5 Å². The Morgan fingerprint density at radius 2 is 2.00 bits per heavy atom. The van der Waals surface area contributed by atoms with Gasteiger partial charge in [-0.1, -0.05) is 29.8 Å². The molecule has 126 valence electrons. The lowest BCUT2D eigenvalue weighted by molar-refractivity contribution is -0.480. The summed E-state index contributed by atoms with van der Waals surface area (Å²) < 4.78 is 0. The summed E-state index contributed by atoms with van der Waals surface area (Å²) in [6, 6.07) is 9.94. The number of unbranched alkanes of at least 4 members (excludes halogenated alkanes) is 3. The van der Waals surface area contributed by atoms with E-state index in [2.05, 4.69) is 16.0 Å². The van der Waals surface area contributed by atoms with Crippen LogP contribution in [0.3, 0.4) is 0 Å². The highest BCUT2D eigenvalue weighted by Gasteiger charge is 2.24. The summed E-state index contributed by atoms with van der Waals surface area (Å²) in [5.41, 5.74) is 1.13. The summed E-state index contributed by atoms with van der Waals surface area (Å²) >= 11 is 7.82. The van der Waals surface area contributed by atoms with Gasteiger partial charge in [-0.15, -0.1) is 0 Å². The molecular weight excluding hydrogens is 346 g/mol. The minimum Gasteiger partial charge on any atom is -0.324 e. The Bertz CT molecular complexity index is 742. The highest BCUT2D eigenvalue weighted by atomic mass is 35.5. The Morgan fingerprint density at radius 1 is 1.17 bits per heavy atom. The van der Waals surface area contributed by atoms with Gasteiger partial charge in [-0.3, -0.25) is 10.1 Å². The predicted octanol–water partition coefficient (Wildman–Crippen LogP) is 5.17. The summed E-state index contributed by atoms with van der Waals surface area (Å²) in [4.78, 5) is 19.1. The van der Waals surface area contributed by atoms with Gasteiger partial charge < -0.3 is 4.90 Å². The molecular formula is C17H18ClN3O2S. The van der Waals surface area contributed by atoms with Crippen molar-refractivity contribution >= 4 is 34.9 Å². The molecule has 0 spiro atoms. The number of rotatable bonds is 7. The minimum absolute atomic E-state index is 0.0616. The van der Waals surface area contributed by atoms with Crippen LogP contribution in [0.2, 0.25) is 5.02 Å². The van der Waals surface area contributed by atoms with Crippen LogP contribution in [0.15, 0.2) is 46.3 Å². The Kier molecular flexibility index (Phi) is 5.58. The molecule has 0 aliphatic carbocycles. The van der Waals surface area contributed by atoms with Crippen molar-refractivity contribution in [3.05, 3.63) is 51.7 Å². The number of nitro groups is 1. The number of halogens is 1. The van der Waals surface area contributed by atoms with Gasteiger partial charge in [0.25, 0.3) is 0 Å². The van der Waals surface area contributed by atoms with Gasteiger partial charge in [0, 0.05) is 34.0 Å². The summed E-state index contributed by atoms with van der Waals surface area (Å²) in [5, 5.41) is 11.1. The molecule has 0 fully saturated rings. The average Bonchev–Trinajstić information content (AvgIpc) is 2.56. The maximum Gasteiger partial charge on any atom is 0.203 e. The normalized spacial score (nSPS) is 12.6. The first-order valence-electron chi connectivity index (χ1n) is 7.97. The van der Waals surface area contributed by atoms with E-state index in [0.717, 1.165) is 52.1 Å². The van der Waals surface area contributed by atoms with Crippen LogP contribution >= 0.6 is 23.4 Å². The molecule has 0 N–H and O–H groups in total. The Hall–Kier alpha value is -1.79. The molecule has 24 heavy (non-hydrogen) atoms. The second-order valence-corrected chi connectivity index (χ2v) is 7.18. The zero-order valence-electron chi connectivity index (χ0n) is 13.2. The molecule has 0 unspecified atom stereocenters. The van der Waals surface area contributed by atoms with Crippen molar-refractivity contribution in [1.82, 2.24) is 4.98 Å². The lowest BCUT2D eigenvalue weighted by Crippen LogP contribution is -2.23. The zero-order chi connectivity index (χ0) is 16.9. The number of fused-ring (bicyclic) bond motifs is 2. The zero-order valence-corrected chi connectivity index (χ0v) is 14.7. The van der Waals surface area contributed by atoms with Crippen molar-refractivity contribution < 1.29 is 4.92 Å². The molecule has 1 aliphatic rings. The highest BCUT2D eigenvalue weighted by molar-refractivity contribution is 7.99. The van der Waals surface area contributed by atoms with E-state index in [0.29, 0.717) is 6.42 Å². The van der Waals surface area contributed by atoms with Gasteiger partial charge in [-0.25, -0.2) is 4.98 Å². The molecule has 1 aliphatic heterocycles. The van der Waals surface area contributed by atoms with Gasteiger partial charge in [0.05, 0.1) is 10.6 Å². The maximum atomic E-state index is 10.4. The van der Waals surface area contributed by atoms with Crippen LogP contribution in [0, 0.1) is 10.1 Å². The molecule has 2 heterocycles. The molecule has 1 aromatic heterocycles. The molecule has 0 atom stereocenters. The van der Waals surface area contributed by atoms with E-state index in [4.69, 9.17) is 11.6 Å². The van der Waals surface area contributed by atoms with Crippen LogP contribution in [0.1, 0.15) is 25.7 Å². The van der Waals surface area contributed by atoms with Gasteiger partial charge in [-0.05, 0) is 43.2 Å². The van der Waals surface area contributed by atoms with E-state index in [1.807, 2.05) is 30.5 Å². The van der Waals surface area contributed by atoms with Crippen LogP contribution in [0.4, 0.5) is 11.5 Å². The lowest BCUT2D eigenvalue weighted by atomic mass is 10.1. The summed E-state index contributed by atoms with van der Waals surface area (Å²) in [6.45, 7) is 0.906. The van der Waals surface area contributed by atoms with Crippen molar-refractivity contribution in [2.45, 2.75) is 35.5 Å². The third-order valence-electron chi connectivity index (χ3n) is 3.91. The van der Waals surface area contributed by atoms with E-state index in [1.165, 1.54) is 0 Å². The number of aromatic nitrogens is 1. The molecule has 0 saturated carbocycles. The Balaban J connectivity index is 1.69. The molecule has 1 aromatic carbocycles. The Morgan fingerprint density at radius 3 is 2.83 bits per heavy atom. The Labute approximate surface area is 150 Å². The number of benzene rings is 1. The van der Waals surface area contributed by atoms with Crippen molar-refractivity contribution in [1.29, 1.82) is 0 Å².